The van der Waals surface area contributed by atoms with Crippen LogP contribution in [0.1, 0.15) is 20.8 Å². The Bertz CT molecular complexity index is 484. The average molecular weight is 268 g/mol. The smallest absolute Gasteiger partial charge is 0.264 e. The fourth-order valence-corrected chi connectivity index (χ4v) is 1.89. The lowest BCUT2D eigenvalue weighted by atomic mass is 10.1. The van der Waals surface area contributed by atoms with E-state index in [0.29, 0.717) is 17.3 Å². The monoisotopic (exact) mass is 267 g/mol. The highest BCUT2D eigenvalue weighted by Gasteiger charge is 2.07. The summed E-state index contributed by atoms with van der Waals surface area (Å²) in [7, 11) is 0. The van der Waals surface area contributed by atoms with Crippen molar-refractivity contribution in [1.82, 2.24) is 14.9 Å². The number of carbonyl (C=O) groups is 1. The van der Waals surface area contributed by atoms with Gasteiger partial charge in [0.05, 0.1) is 6.20 Å². The van der Waals surface area contributed by atoms with Crippen LogP contribution in [0.5, 0.6) is 0 Å². The minimum atomic E-state index is -0.151. The van der Waals surface area contributed by atoms with E-state index in [-0.39, 0.29) is 5.91 Å². The van der Waals surface area contributed by atoms with Gasteiger partial charge in [0.2, 0.25) is 0 Å². The number of hydrogen-bond donors (Lipinski definition) is 1. The zero-order chi connectivity index (χ0) is 12.1. The maximum absolute atomic E-state index is 11.6. The van der Waals surface area contributed by atoms with Crippen molar-refractivity contribution in [3.63, 3.8) is 0 Å². The highest BCUT2D eigenvalue weighted by molar-refractivity contribution is 7.07. The molecule has 0 saturated heterocycles. The predicted molar refractivity (Wildman–Crippen MR) is 67.1 cm³/mol. The first-order chi connectivity index (χ1) is 8.29. The van der Waals surface area contributed by atoms with Gasteiger partial charge in [-0.3, -0.25) is 4.79 Å². The molecule has 4 nitrogen and oxygen atoms in total. The number of nitrogens with one attached hydrogen (secondary N) is 1. The van der Waals surface area contributed by atoms with Gasteiger partial charge in [-0.05, 0) is 22.7 Å². The summed E-state index contributed by atoms with van der Waals surface area (Å²) in [6.07, 6.45) is 1.45. The summed E-state index contributed by atoms with van der Waals surface area (Å²) in [5.74, 6) is 0.348. The van der Waals surface area contributed by atoms with Crippen molar-refractivity contribution < 1.29 is 4.79 Å². The SMILES string of the molecule is O=C(NCc1ccc(CCl)cc1)c1cnns1. The predicted octanol–water partition coefficient (Wildman–Crippen LogP) is 2.21. The van der Waals surface area contributed by atoms with Crippen LogP contribution >= 0.6 is 23.1 Å². The third kappa shape index (κ3) is 3.25. The number of rotatable bonds is 4. The molecule has 2 aromatic rings. The number of nitrogens with zero attached hydrogens (tertiary/aromatic N) is 2. The van der Waals surface area contributed by atoms with E-state index in [4.69, 9.17) is 11.6 Å². The third-order valence-electron chi connectivity index (χ3n) is 2.22. The number of aromatic nitrogens is 2. The molecule has 1 amide bonds. The average Bonchev–Trinajstić information content (AvgIpc) is 2.90. The first-order valence-electron chi connectivity index (χ1n) is 4.99. The summed E-state index contributed by atoms with van der Waals surface area (Å²) in [5.41, 5.74) is 2.10. The minimum absolute atomic E-state index is 0.151. The molecule has 0 atom stereocenters. The molecule has 2 rings (SSSR count). The maximum Gasteiger partial charge on any atom is 0.264 e. The second-order valence-electron chi connectivity index (χ2n) is 3.41. The van der Waals surface area contributed by atoms with Crippen molar-refractivity contribution in [2.24, 2.45) is 0 Å². The standard InChI is InChI=1S/C11H10ClN3OS/c12-5-8-1-3-9(4-2-8)6-13-11(16)10-7-14-15-17-10/h1-4,7H,5-6H2,(H,13,16). The van der Waals surface area contributed by atoms with Crippen molar-refractivity contribution in [2.75, 3.05) is 0 Å². The lowest BCUT2D eigenvalue weighted by molar-refractivity contribution is 0.0955. The molecule has 17 heavy (non-hydrogen) atoms. The van der Waals surface area contributed by atoms with Gasteiger partial charge in [-0.1, -0.05) is 28.8 Å². The van der Waals surface area contributed by atoms with Gasteiger partial charge in [0.15, 0.2) is 0 Å². The summed E-state index contributed by atoms with van der Waals surface area (Å²) in [6.45, 7) is 0.485. The Hall–Kier alpha value is -1.46. The van der Waals surface area contributed by atoms with Crippen LogP contribution in [-0.4, -0.2) is 15.5 Å². The lowest BCUT2D eigenvalue weighted by Crippen LogP contribution is -2.21. The van der Waals surface area contributed by atoms with Crippen LogP contribution in [0.15, 0.2) is 30.5 Å². The van der Waals surface area contributed by atoms with E-state index in [1.54, 1.807) is 0 Å². The fraction of sp³-hybridized carbons (Fsp3) is 0.182. The molecule has 88 valence electrons. The molecule has 0 spiro atoms. The van der Waals surface area contributed by atoms with Crippen LogP contribution in [0.3, 0.4) is 0 Å². The molecule has 0 aliphatic rings. The van der Waals surface area contributed by atoms with Crippen LogP contribution < -0.4 is 5.32 Å². The zero-order valence-corrected chi connectivity index (χ0v) is 10.5. The number of hydrogen-bond acceptors (Lipinski definition) is 4. The lowest BCUT2D eigenvalue weighted by Gasteiger charge is -2.04. The molecular weight excluding hydrogens is 258 g/mol. The fourth-order valence-electron chi connectivity index (χ4n) is 1.28. The molecule has 0 aliphatic heterocycles. The van der Waals surface area contributed by atoms with Gasteiger partial charge in [0.1, 0.15) is 4.88 Å². The molecular formula is C11H10ClN3OS. The highest BCUT2D eigenvalue weighted by Crippen LogP contribution is 2.07. The minimum Gasteiger partial charge on any atom is -0.347 e. The molecule has 0 unspecified atom stereocenters. The summed E-state index contributed by atoms with van der Waals surface area (Å²) < 4.78 is 3.64. The van der Waals surface area contributed by atoms with E-state index in [1.807, 2.05) is 24.3 Å². The summed E-state index contributed by atoms with van der Waals surface area (Å²) in [6, 6.07) is 7.79. The van der Waals surface area contributed by atoms with Gasteiger partial charge in [-0.2, -0.15) is 0 Å². The van der Waals surface area contributed by atoms with Crippen LogP contribution in [0.4, 0.5) is 0 Å². The maximum atomic E-state index is 11.6. The van der Waals surface area contributed by atoms with Crippen molar-refractivity contribution in [2.45, 2.75) is 12.4 Å². The van der Waals surface area contributed by atoms with Crippen molar-refractivity contribution in [1.29, 1.82) is 0 Å². The van der Waals surface area contributed by atoms with E-state index < -0.39 is 0 Å². The number of alkyl halides is 1. The Morgan fingerprint density at radius 3 is 2.59 bits per heavy atom. The number of carbonyl (C=O) groups excluding carboxylic acids is 1. The molecule has 0 aliphatic carbocycles. The van der Waals surface area contributed by atoms with Gasteiger partial charge < -0.3 is 5.32 Å². The number of amides is 1. The molecule has 1 N–H and O–H groups in total. The van der Waals surface area contributed by atoms with E-state index in [0.717, 1.165) is 22.7 Å². The Labute approximate surface area is 108 Å². The van der Waals surface area contributed by atoms with E-state index in [1.165, 1.54) is 6.20 Å². The number of halogens is 1. The first-order valence-corrected chi connectivity index (χ1v) is 6.29. The molecule has 0 saturated carbocycles. The third-order valence-corrected chi connectivity index (χ3v) is 3.19. The summed E-state index contributed by atoms with van der Waals surface area (Å²) in [4.78, 5) is 12.1. The second-order valence-corrected chi connectivity index (χ2v) is 4.47. The van der Waals surface area contributed by atoms with Crippen LogP contribution in [-0.2, 0) is 12.4 Å². The van der Waals surface area contributed by atoms with Crippen LogP contribution in [0, 0.1) is 0 Å². The van der Waals surface area contributed by atoms with Crippen molar-refractivity contribution in [3.8, 4) is 0 Å². The van der Waals surface area contributed by atoms with E-state index >= 15 is 0 Å². The van der Waals surface area contributed by atoms with E-state index in [2.05, 4.69) is 14.9 Å². The number of benzene rings is 1. The quantitative estimate of drug-likeness (QED) is 0.864. The largest absolute Gasteiger partial charge is 0.347 e. The Morgan fingerprint density at radius 2 is 2.00 bits per heavy atom. The van der Waals surface area contributed by atoms with Gasteiger partial charge in [-0.15, -0.1) is 16.7 Å². The summed E-state index contributed by atoms with van der Waals surface area (Å²) >= 11 is 6.77. The van der Waals surface area contributed by atoms with Crippen molar-refractivity contribution >= 4 is 29.0 Å². The molecule has 0 fully saturated rings. The highest BCUT2D eigenvalue weighted by atomic mass is 35.5. The molecule has 0 radical (unpaired) electrons. The van der Waals surface area contributed by atoms with Crippen LogP contribution in [0.25, 0.3) is 0 Å². The van der Waals surface area contributed by atoms with Gasteiger partial charge >= 0.3 is 0 Å². The molecule has 6 heteroatoms. The van der Waals surface area contributed by atoms with Gasteiger partial charge in [-0.25, -0.2) is 0 Å². The Kier molecular flexibility index (Phi) is 4.06. The molecule has 1 heterocycles. The zero-order valence-electron chi connectivity index (χ0n) is 8.89. The van der Waals surface area contributed by atoms with E-state index in [9.17, 15) is 4.79 Å². The van der Waals surface area contributed by atoms with Gasteiger partial charge in [0, 0.05) is 12.4 Å². The Balaban J connectivity index is 1.91. The van der Waals surface area contributed by atoms with Gasteiger partial charge in [0.25, 0.3) is 5.91 Å². The summed E-state index contributed by atoms with van der Waals surface area (Å²) in [5, 5.41) is 6.41. The Morgan fingerprint density at radius 1 is 1.29 bits per heavy atom. The molecule has 1 aromatic carbocycles. The normalized spacial score (nSPS) is 10.2. The molecule has 1 aromatic heterocycles. The topological polar surface area (TPSA) is 54.9 Å². The second kappa shape index (κ2) is 5.75. The van der Waals surface area contributed by atoms with Crippen molar-refractivity contribution in [3.05, 3.63) is 46.5 Å². The molecule has 0 bridgehead atoms. The van der Waals surface area contributed by atoms with Crippen LogP contribution in [0.2, 0.25) is 0 Å². The first kappa shape index (κ1) is 12.0.